The van der Waals surface area contributed by atoms with Crippen molar-refractivity contribution in [2.45, 2.75) is 59.2 Å². The molecule has 0 radical (unpaired) electrons. The molecule has 0 saturated carbocycles. The summed E-state index contributed by atoms with van der Waals surface area (Å²) in [6.07, 6.45) is 7.63. The van der Waals surface area contributed by atoms with Crippen molar-refractivity contribution >= 4 is 0 Å². The van der Waals surface area contributed by atoms with Crippen LogP contribution in [0.2, 0.25) is 0 Å². The zero-order chi connectivity index (χ0) is 19.7. The highest BCUT2D eigenvalue weighted by atomic mass is 16.1. The van der Waals surface area contributed by atoms with Crippen LogP contribution >= 0.6 is 0 Å². The predicted molar refractivity (Wildman–Crippen MR) is 109 cm³/mol. The number of aryl methyl sites for hydroxylation is 1. The van der Waals surface area contributed by atoms with Gasteiger partial charge in [0.1, 0.15) is 5.82 Å². The van der Waals surface area contributed by atoms with Crippen molar-refractivity contribution in [2.24, 2.45) is 0 Å². The zero-order valence-electron chi connectivity index (χ0n) is 16.8. The summed E-state index contributed by atoms with van der Waals surface area (Å²) in [6, 6.07) is 5.14. The summed E-state index contributed by atoms with van der Waals surface area (Å²) in [5.74, 6) is 1.50. The van der Waals surface area contributed by atoms with Crippen LogP contribution in [-0.2, 0) is 13.1 Å². The van der Waals surface area contributed by atoms with E-state index in [1.807, 2.05) is 10.8 Å². The second-order valence-corrected chi connectivity index (χ2v) is 7.92. The van der Waals surface area contributed by atoms with E-state index >= 15 is 0 Å². The number of aromatic nitrogens is 5. The van der Waals surface area contributed by atoms with Crippen LogP contribution in [0.15, 0.2) is 29.3 Å². The minimum absolute atomic E-state index is 0.290. The van der Waals surface area contributed by atoms with Gasteiger partial charge in [-0.25, -0.2) is 14.9 Å². The minimum atomic E-state index is -0.290. The van der Waals surface area contributed by atoms with Crippen molar-refractivity contribution in [3.05, 3.63) is 57.5 Å². The molecule has 3 heterocycles. The average molecular weight is 380 g/mol. The summed E-state index contributed by atoms with van der Waals surface area (Å²) in [6.45, 7) is 9.29. The van der Waals surface area contributed by atoms with Gasteiger partial charge >= 0.3 is 5.69 Å². The molecule has 0 spiro atoms. The standard InChI is InChI=1S/C21H28N6O/c1-14-10-17(12-26-8-5-4-6-15(26)2)16(3)18(11-14)20-22-7-9-27(20)13-19-23-21(28)25-24-19/h7,9-11,15H,4-6,8,12-13H2,1-3H3,(H2,23,24,25,28). The van der Waals surface area contributed by atoms with Gasteiger partial charge in [0.25, 0.3) is 0 Å². The molecule has 1 unspecified atom stereocenters. The van der Waals surface area contributed by atoms with Crippen LogP contribution in [0.1, 0.15) is 48.7 Å². The molecule has 7 heteroatoms. The SMILES string of the molecule is Cc1cc(CN2CCCCC2C)c(C)c(-c2nccn2Cc2n[nH]c(=O)[nH]2)c1. The maximum Gasteiger partial charge on any atom is 0.340 e. The number of nitrogens with zero attached hydrogens (tertiary/aromatic N) is 4. The molecule has 3 aromatic rings. The first-order chi connectivity index (χ1) is 13.5. The van der Waals surface area contributed by atoms with Crippen LogP contribution < -0.4 is 5.69 Å². The van der Waals surface area contributed by atoms with Crippen LogP contribution in [0.25, 0.3) is 11.4 Å². The molecule has 2 N–H and O–H groups in total. The first-order valence-corrected chi connectivity index (χ1v) is 10.0. The molecule has 0 amide bonds. The van der Waals surface area contributed by atoms with E-state index in [1.54, 1.807) is 6.20 Å². The predicted octanol–water partition coefficient (Wildman–Crippen LogP) is 3.00. The summed E-state index contributed by atoms with van der Waals surface area (Å²) in [5, 5.41) is 6.44. The molecule has 4 rings (SSSR count). The average Bonchev–Trinajstić information content (AvgIpc) is 3.29. The Kier molecular flexibility index (Phi) is 5.17. The van der Waals surface area contributed by atoms with E-state index in [2.05, 4.69) is 58.0 Å². The molecule has 1 saturated heterocycles. The van der Waals surface area contributed by atoms with Crippen molar-refractivity contribution in [1.82, 2.24) is 29.6 Å². The fourth-order valence-electron chi connectivity index (χ4n) is 4.16. The minimum Gasteiger partial charge on any atom is -0.323 e. The van der Waals surface area contributed by atoms with E-state index in [4.69, 9.17) is 0 Å². The number of piperidine rings is 1. The smallest absolute Gasteiger partial charge is 0.323 e. The second-order valence-electron chi connectivity index (χ2n) is 7.92. The third kappa shape index (κ3) is 3.80. The van der Waals surface area contributed by atoms with Gasteiger partial charge in [0, 0.05) is 30.5 Å². The number of benzene rings is 1. The molecule has 1 fully saturated rings. The van der Waals surface area contributed by atoms with Crippen LogP contribution in [0.4, 0.5) is 0 Å². The number of nitrogens with one attached hydrogen (secondary N) is 2. The third-order valence-electron chi connectivity index (χ3n) is 5.80. The number of rotatable bonds is 5. The van der Waals surface area contributed by atoms with E-state index < -0.39 is 0 Å². The van der Waals surface area contributed by atoms with Crippen LogP contribution in [0.3, 0.4) is 0 Å². The number of H-pyrrole nitrogens is 2. The number of hydrogen-bond acceptors (Lipinski definition) is 4. The summed E-state index contributed by atoms with van der Waals surface area (Å²) < 4.78 is 2.03. The maximum atomic E-state index is 11.3. The maximum absolute atomic E-state index is 11.3. The van der Waals surface area contributed by atoms with Gasteiger partial charge in [-0.2, -0.15) is 5.10 Å². The van der Waals surface area contributed by atoms with Crippen LogP contribution in [0, 0.1) is 13.8 Å². The van der Waals surface area contributed by atoms with E-state index in [9.17, 15) is 4.79 Å². The molecule has 1 aliphatic rings. The number of aromatic amines is 2. The molecule has 2 aromatic heterocycles. The molecule has 28 heavy (non-hydrogen) atoms. The summed E-state index contributed by atoms with van der Waals surface area (Å²) in [5.41, 5.74) is 4.73. The first-order valence-electron chi connectivity index (χ1n) is 10.0. The molecule has 7 nitrogen and oxygen atoms in total. The van der Waals surface area contributed by atoms with Crippen molar-refractivity contribution < 1.29 is 0 Å². The third-order valence-corrected chi connectivity index (χ3v) is 5.80. The summed E-state index contributed by atoms with van der Waals surface area (Å²) in [7, 11) is 0. The van der Waals surface area contributed by atoms with Gasteiger partial charge in [-0.05, 0) is 57.4 Å². The Labute approximate surface area is 164 Å². The molecule has 148 valence electrons. The van der Waals surface area contributed by atoms with Gasteiger partial charge in [0.2, 0.25) is 0 Å². The van der Waals surface area contributed by atoms with E-state index in [0.717, 1.165) is 17.9 Å². The van der Waals surface area contributed by atoms with Crippen molar-refractivity contribution in [3.8, 4) is 11.4 Å². The monoisotopic (exact) mass is 380 g/mol. The van der Waals surface area contributed by atoms with Crippen molar-refractivity contribution in [2.75, 3.05) is 6.54 Å². The Morgan fingerprint density at radius 2 is 2.07 bits per heavy atom. The highest BCUT2D eigenvalue weighted by Crippen LogP contribution is 2.29. The van der Waals surface area contributed by atoms with Crippen LogP contribution in [0.5, 0.6) is 0 Å². The quantitative estimate of drug-likeness (QED) is 0.713. The molecular weight excluding hydrogens is 352 g/mol. The fraction of sp³-hybridized carbons (Fsp3) is 0.476. The van der Waals surface area contributed by atoms with Gasteiger partial charge in [-0.1, -0.05) is 18.1 Å². The molecular formula is C21H28N6O. The van der Waals surface area contributed by atoms with E-state index in [-0.39, 0.29) is 5.69 Å². The lowest BCUT2D eigenvalue weighted by Crippen LogP contribution is -2.37. The normalized spacial score (nSPS) is 17.9. The van der Waals surface area contributed by atoms with Crippen molar-refractivity contribution in [3.63, 3.8) is 0 Å². The lowest BCUT2D eigenvalue weighted by molar-refractivity contribution is 0.152. The Balaban J connectivity index is 1.66. The van der Waals surface area contributed by atoms with E-state index in [1.165, 1.54) is 42.5 Å². The fourth-order valence-corrected chi connectivity index (χ4v) is 4.16. The highest BCUT2D eigenvalue weighted by Gasteiger charge is 2.20. The molecule has 1 aliphatic heterocycles. The van der Waals surface area contributed by atoms with Gasteiger partial charge in [-0.15, -0.1) is 0 Å². The Hall–Kier alpha value is -2.67. The number of hydrogen-bond donors (Lipinski definition) is 2. The molecule has 1 atom stereocenters. The van der Waals surface area contributed by atoms with Gasteiger partial charge < -0.3 is 4.57 Å². The van der Waals surface area contributed by atoms with Gasteiger partial charge in [0.05, 0.1) is 6.54 Å². The van der Waals surface area contributed by atoms with Crippen LogP contribution in [-0.4, -0.2) is 42.2 Å². The Bertz CT molecular complexity index is 1010. The van der Waals surface area contributed by atoms with E-state index in [0.29, 0.717) is 18.4 Å². The topological polar surface area (TPSA) is 82.6 Å². The molecule has 0 aliphatic carbocycles. The molecule has 0 bridgehead atoms. The Morgan fingerprint density at radius 3 is 2.82 bits per heavy atom. The summed E-state index contributed by atoms with van der Waals surface area (Å²) >= 11 is 0. The first kappa shape index (κ1) is 18.7. The lowest BCUT2D eigenvalue weighted by Gasteiger charge is -2.34. The second kappa shape index (κ2) is 7.75. The summed E-state index contributed by atoms with van der Waals surface area (Å²) in [4.78, 5) is 21.2. The number of imidazole rings is 1. The van der Waals surface area contributed by atoms with Gasteiger partial charge in [-0.3, -0.25) is 9.88 Å². The highest BCUT2D eigenvalue weighted by molar-refractivity contribution is 5.64. The lowest BCUT2D eigenvalue weighted by atomic mass is 9.96. The number of likely N-dealkylation sites (tertiary alicyclic amines) is 1. The van der Waals surface area contributed by atoms with Crippen molar-refractivity contribution in [1.29, 1.82) is 0 Å². The Morgan fingerprint density at radius 1 is 1.21 bits per heavy atom. The largest absolute Gasteiger partial charge is 0.340 e. The molecule has 1 aromatic carbocycles. The van der Waals surface area contributed by atoms with Gasteiger partial charge in [0.15, 0.2) is 5.82 Å². The zero-order valence-corrected chi connectivity index (χ0v) is 16.8.